The minimum absolute atomic E-state index is 0.0498. The van der Waals surface area contributed by atoms with Gasteiger partial charge in [0.1, 0.15) is 0 Å². The van der Waals surface area contributed by atoms with Crippen LogP contribution in [0.5, 0.6) is 0 Å². The molecule has 1 fully saturated rings. The Morgan fingerprint density at radius 1 is 1.20 bits per heavy atom. The molecule has 1 rings (SSSR count). The van der Waals surface area contributed by atoms with Crippen LogP contribution in [0.4, 0.5) is 13.2 Å². The molecule has 0 radical (unpaired) electrons. The molecule has 3 atom stereocenters. The molecular formula is C15H29F3N2. The van der Waals surface area contributed by atoms with E-state index in [0.29, 0.717) is 12.5 Å². The Balaban J connectivity index is 2.78. The summed E-state index contributed by atoms with van der Waals surface area (Å²) in [6.45, 7) is 6.24. The fourth-order valence-electron chi connectivity index (χ4n) is 3.42. The van der Waals surface area contributed by atoms with Crippen LogP contribution in [-0.4, -0.2) is 37.3 Å². The zero-order chi connectivity index (χ0) is 15.6. The molecule has 1 saturated carbocycles. The zero-order valence-corrected chi connectivity index (χ0v) is 13.1. The average Bonchev–Trinajstić information content (AvgIpc) is 2.35. The summed E-state index contributed by atoms with van der Waals surface area (Å²) in [5.41, 5.74) is 5.97. The van der Waals surface area contributed by atoms with Gasteiger partial charge in [0.05, 0.1) is 6.54 Å². The second-order valence-corrected chi connectivity index (χ2v) is 6.95. The van der Waals surface area contributed by atoms with Crippen LogP contribution in [0.15, 0.2) is 0 Å². The van der Waals surface area contributed by atoms with Gasteiger partial charge in [0.25, 0.3) is 0 Å². The van der Waals surface area contributed by atoms with Crippen molar-refractivity contribution in [3.05, 3.63) is 0 Å². The smallest absolute Gasteiger partial charge is 0.330 e. The average molecular weight is 294 g/mol. The maximum absolute atomic E-state index is 12.6. The van der Waals surface area contributed by atoms with E-state index < -0.39 is 12.7 Å². The maximum Gasteiger partial charge on any atom is 0.401 e. The lowest BCUT2D eigenvalue weighted by Crippen LogP contribution is -2.49. The van der Waals surface area contributed by atoms with Crippen LogP contribution in [0.25, 0.3) is 0 Å². The first kappa shape index (κ1) is 17.8. The first-order valence-corrected chi connectivity index (χ1v) is 7.57. The van der Waals surface area contributed by atoms with Crippen molar-refractivity contribution in [2.45, 2.75) is 58.7 Å². The Bertz CT molecular complexity index is 302. The second kappa shape index (κ2) is 6.65. The van der Waals surface area contributed by atoms with Gasteiger partial charge in [-0.15, -0.1) is 0 Å². The van der Waals surface area contributed by atoms with Gasteiger partial charge in [0.2, 0.25) is 0 Å². The fraction of sp³-hybridized carbons (Fsp3) is 1.00. The molecule has 2 N–H and O–H groups in total. The molecule has 5 heteroatoms. The number of nitrogens with zero attached hydrogens (tertiary/aromatic N) is 1. The molecule has 0 aromatic carbocycles. The number of hydrogen-bond acceptors (Lipinski definition) is 2. The van der Waals surface area contributed by atoms with Gasteiger partial charge in [-0.1, -0.05) is 27.2 Å². The molecule has 0 aromatic rings. The number of rotatable bonds is 5. The molecule has 0 aliphatic heterocycles. The summed E-state index contributed by atoms with van der Waals surface area (Å²) in [6, 6.07) is -0.0498. The highest BCUT2D eigenvalue weighted by atomic mass is 19.4. The Morgan fingerprint density at radius 3 is 2.25 bits per heavy atom. The maximum atomic E-state index is 12.6. The normalized spacial score (nSPS) is 28.9. The molecule has 0 heterocycles. The van der Waals surface area contributed by atoms with Crippen molar-refractivity contribution >= 4 is 0 Å². The number of hydrogen-bond donors (Lipinski definition) is 1. The zero-order valence-electron chi connectivity index (χ0n) is 13.1. The van der Waals surface area contributed by atoms with E-state index in [1.807, 2.05) is 0 Å². The van der Waals surface area contributed by atoms with Crippen molar-refractivity contribution in [3.8, 4) is 0 Å². The fourth-order valence-corrected chi connectivity index (χ4v) is 3.42. The number of halogens is 3. The third kappa shape index (κ3) is 4.62. The van der Waals surface area contributed by atoms with Crippen molar-refractivity contribution in [2.75, 3.05) is 20.1 Å². The van der Waals surface area contributed by atoms with E-state index in [2.05, 4.69) is 20.8 Å². The van der Waals surface area contributed by atoms with Crippen LogP contribution in [-0.2, 0) is 0 Å². The van der Waals surface area contributed by atoms with E-state index in [1.165, 1.54) is 4.90 Å². The molecule has 2 nitrogen and oxygen atoms in total. The molecule has 0 bridgehead atoms. The Hall–Kier alpha value is -0.290. The van der Waals surface area contributed by atoms with Crippen molar-refractivity contribution in [1.82, 2.24) is 4.90 Å². The molecule has 0 amide bonds. The van der Waals surface area contributed by atoms with E-state index in [4.69, 9.17) is 5.73 Å². The molecular weight excluding hydrogens is 265 g/mol. The van der Waals surface area contributed by atoms with Gasteiger partial charge in [-0.2, -0.15) is 13.2 Å². The Morgan fingerprint density at radius 2 is 1.80 bits per heavy atom. The van der Waals surface area contributed by atoms with Gasteiger partial charge >= 0.3 is 6.18 Å². The SMILES string of the molecule is CCC(C)(C)C1CCC(CN)C(N(C)CC(F)(F)F)C1. The predicted molar refractivity (Wildman–Crippen MR) is 76.4 cm³/mol. The monoisotopic (exact) mass is 294 g/mol. The standard InChI is InChI=1S/C15H29F3N2/c1-5-14(2,3)12-7-6-11(9-19)13(8-12)20(4)10-15(16,17)18/h11-13H,5-10,19H2,1-4H3. The Labute approximate surface area is 120 Å². The highest BCUT2D eigenvalue weighted by molar-refractivity contribution is 4.91. The molecule has 20 heavy (non-hydrogen) atoms. The highest BCUT2D eigenvalue weighted by Crippen LogP contribution is 2.43. The van der Waals surface area contributed by atoms with E-state index in [0.717, 1.165) is 25.7 Å². The molecule has 0 aromatic heterocycles. The third-order valence-corrected chi connectivity index (χ3v) is 5.27. The summed E-state index contributed by atoms with van der Waals surface area (Å²) in [6.07, 6.45) is -0.229. The van der Waals surface area contributed by atoms with Crippen molar-refractivity contribution in [2.24, 2.45) is 23.0 Å². The van der Waals surface area contributed by atoms with Crippen LogP contribution >= 0.6 is 0 Å². The lowest BCUT2D eigenvalue weighted by molar-refractivity contribution is -0.152. The largest absolute Gasteiger partial charge is 0.401 e. The number of alkyl halides is 3. The summed E-state index contributed by atoms with van der Waals surface area (Å²) in [7, 11) is 1.59. The first-order chi connectivity index (χ1) is 9.10. The number of nitrogens with two attached hydrogens (primary N) is 1. The summed E-state index contributed by atoms with van der Waals surface area (Å²) >= 11 is 0. The lowest BCUT2D eigenvalue weighted by atomic mass is 9.65. The van der Waals surface area contributed by atoms with Crippen molar-refractivity contribution in [3.63, 3.8) is 0 Å². The van der Waals surface area contributed by atoms with Crippen LogP contribution in [0.3, 0.4) is 0 Å². The minimum atomic E-state index is -4.14. The predicted octanol–water partition coefficient (Wildman–Crippen LogP) is 3.66. The minimum Gasteiger partial charge on any atom is -0.330 e. The van der Waals surface area contributed by atoms with Gasteiger partial charge in [-0.3, -0.25) is 4.90 Å². The van der Waals surface area contributed by atoms with Gasteiger partial charge in [-0.05, 0) is 50.1 Å². The molecule has 1 aliphatic carbocycles. The van der Waals surface area contributed by atoms with Gasteiger partial charge in [0.15, 0.2) is 0 Å². The van der Waals surface area contributed by atoms with E-state index >= 15 is 0 Å². The quantitative estimate of drug-likeness (QED) is 0.838. The van der Waals surface area contributed by atoms with E-state index in [9.17, 15) is 13.2 Å². The molecule has 0 saturated heterocycles. The molecule has 1 aliphatic rings. The van der Waals surface area contributed by atoms with Crippen LogP contribution in [0.2, 0.25) is 0 Å². The third-order valence-electron chi connectivity index (χ3n) is 5.27. The van der Waals surface area contributed by atoms with Crippen molar-refractivity contribution in [1.29, 1.82) is 0 Å². The summed E-state index contributed by atoms with van der Waals surface area (Å²) in [5, 5.41) is 0. The first-order valence-electron chi connectivity index (χ1n) is 7.57. The van der Waals surface area contributed by atoms with Crippen LogP contribution in [0, 0.1) is 17.3 Å². The van der Waals surface area contributed by atoms with E-state index in [-0.39, 0.29) is 17.4 Å². The Kier molecular flexibility index (Phi) is 5.90. The topological polar surface area (TPSA) is 29.3 Å². The van der Waals surface area contributed by atoms with Crippen LogP contribution < -0.4 is 5.73 Å². The summed E-state index contributed by atoms with van der Waals surface area (Å²) < 4.78 is 37.8. The second-order valence-electron chi connectivity index (χ2n) is 6.95. The van der Waals surface area contributed by atoms with E-state index in [1.54, 1.807) is 7.05 Å². The summed E-state index contributed by atoms with van der Waals surface area (Å²) in [5.74, 6) is 0.669. The highest BCUT2D eigenvalue weighted by Gasteiger charge is 2.40. The van der Waals surface area contributed by atoms with Crippen LogP contribution in [0.1, 0.15) is 46.5 Å². The molecule has 0 spiro atoms. The van der Waals surface area contributed by atoms with Gasteiger partial charge in [0, 0.05) is 6.04 Å². The lowest BCUT2D eigenvalue weighted by Gasteiger charge is -2.46. The van der Waals surface area contributed by atoms with Gasteiger partial charge < -0.3 is 5.73 Å². The molecule has 3 unspecified atom stereocenters. The summed E-state index contributed by atoms with van der Waals surface area (Å²) in [4.78, 5) is 1.47. The van der Waals surface area contributed by atoms with Crippen molar-refractivity contribution < 1.29 is 13.2 Å². The molecule has 120 valence electrons. The van der Waals surface area contributed by atoms with Gasteiger partial charge in [-0.25, -0.2) is 0 Å².